The maximum Gasteiger partial charge on any atom is 0.480 e. The number of aromatic nitrogens is 1. The van der Waals surface area contributed by atoms with Crippen LogP contribution in [0, 0.1) is 0 Å². The molecule has 0 aromatic carbocycles. The van der Waals surface area contributed by atoms with Gasteiger partial charge in [-0.1, -0.05) is 17.3 Å². The molecule has 1 saturated heterocycles. The zero-order valence-electron chi connectivity index (χ0n) is 15.8. The fourth-order valence-electron chi connectivity index (χ4n) is 2.65. The first-order valence-corrected chi connectivity index (χ1v) is 9.98. The zero-order chi connectivity index (χ0) is 21.3. The van der Waals surface area contributed by atoms with Crippen molar-refractivity contribution in [1.82, 2.24) is 10.3 Å². The lowest BCUT2D eigenvalue weighted by molar-refractivity contribution is -0.139. The van der Waals surface area contributed by atoms with Gasteiger partial charge in [0.15, 0.2) is 12.3 Å². The number of hydrogen-bond acceptors (Lipinski definition) is 9. The van der Waals surface area contributed by atoms with E-state index >= 15 is 0 Å². The van der Waals surface area contributed by atoms with E-state index in [1.165, 1.54) is 11.3 Å². The summed E-state index contributed by atoms with van der Waals surface area (Å²) in [5.41, 5.74) is 0.678. The van der Waals surface area contributed by atoms with E-state index < -0.39 is 31.0 Å². The second kappa shape index (κ2) is 10.8. The van der Waals surface area contributed by atoms with Crippen LogP contribution in [0.25, 0.3) is 0 Å². The van der Waals surface area contributed by atoms with Crippen LogP contribution in [0.15, 0.2) is 47.1 Å². The fraction of sp³-hybridized carbons (Fsp3) is 0.333. The lowest BCUT2D eigenvalue weighted by Crippen LogP contribution is -2.52. The number of oxime groups is 1. The lowest BCUT2D eigenvalue weighted by Gasteiger charge is -2.19. The first kappa shape index (κ1) is 21.9. The second-order valence-electron chi connectivity index (χ2n) is 6.38. The highest BCUT2D eigenvalue weighted by Crippen LogP contribution is 2.13. The summed E-state index contributed by atoms with van der Waals surface area (Å²) in [6.45, 7) is 0.0302. The maximum absolute atomic E-state index is 12.8. The minimum Gasteiger partial charge on any atom is -0.481 e. The summed E-state index contributed by atoms with van der Waals surface area (Å²) in [4.78, 5) is 33.7. The smallest absolute Gasteiger partial charge is 0.480 e. The lowest BCUT2D eigenvalue weighted by atomic mass is 9.79. The van der Waals surface area contributed by atoms with E-state index in [9.17, 15) is 14.6 Å². The molecule has 0 spiro atoms. The van der Waals surface area contributed by atoms with Crippen molar-refractivity contribution in [3.8, 4) is 0 Å². The van der Waals surface area contributed by atoms with Gasteiger partial charge in [-0.2, -0.15) is 0 Å². The van der Waals surface area contributed by atoms with Crippen LogP contribution < -0.4 is 5.32 Å². The van der Waals surface area contributed by atoms with Crippen molar-refractivity contribution < 1.29 is 33.9 Å². The van der Waals surface area contributed by atoms with Crippen molar-refractivity contribution in [3.63, 3.8) is 0 Å². The summed E-state index contributed by atoms with van der Waals surface area (Å²) < 4.78 is 10.7. The molecule has 12 heteroatoms. The van der Waals surface area contributed by atoms with Crippen molar-refractivity contribution >= 4 is 36.0 Å². The summed E-state index contributed by atoms with van der Waals surface area (Å²) >= 11 is 1.30. The quantitative estimate of drug-likeness (QED) is 0.310. The number of carboxylic acids is 1. The van der Waals surface area contributed by atoms with Gasteiger partial charge < -0.3 is 29.7 Å². The largest absolute Gasteiger partial charge is 0.481 e. The Morgan fingerprint density at radius 3 is 2.90 bits per heavy atom. The van der Waals surface area contributed by atoms with Gasteiger partial charge in [-0.3, -0.25) is 14.6 Å². The van der Waals surface area contributed by atoms with E-state index in [0.717, 1.165) is 0 Å². The molecule has 10 nitrogen and oxygen atoms in total. The molecule has 2 atom stereocenters. The molecule has 1 aliphatic heterocycles. The predicted octanol–water partition coefficient (Wildman–Crippen LogP) is 0.459. The molecule has 1 aliphatic rings. The van der Waals surface area contributed by atoms with E-state index in [1.54, 1.807) is 35.8 Å². The van der Waals surface area contributed by atoms with Gasteiger partial charge in [0, 0.05) is 6.20 Å². The average molecular weight is 433 g/mol. The SMILES string of the molecule is O=C(O)C[C@H]1COC[C@H](NC(=O)/C(=N\OCc2ccccn2)c2cccs2)B(O)O1. The van der Waals surface area contributed by atoms with Crippen molar-refractivity contribution in [3.05, 3.63) is 52.5 Å². The summed E-state index contributed by atoms with van der Waals surface area (Å²) in [6.07, 6.45) is 0.494. The van der Waals surface area contributed by atoms with Crippen LogP contribution in [-0.4, -0.2) is 65.1 Å². The molecular weight excluding hydrogens is 413 g/mol. The normalized spacial score (nSPS) is 19.8. The van der Waals surface area contributed by atoms with Crippen molar-refractivity contribution in [2.75, 3.05) is 13.2 Å². The van der Waals surface area contributed by atoms with Gasteiger partial charge in [-0.15, -0.1) is 11.3 Å². The van der Waals surface area contributed by atoms with Gasteiger partial charge in [0.25, 0.3) is 5.91 Å². The Balaban J connectivity index is 1.66. The molecule has 3 N–H and O–H groups in total. The Hall–Kier alpha value is -2.80. The van der Waals surface area contributed by atoms with Crippen LogP contribution in [0.1, 0.15) is 17.0 Å². The number of nitrogens with zero attached hydrogens (tertiary/aromatic N) is 2. The third-order valence-electron chi connectivity index (χ3n) is 4.06. The van der Waals surface area contributed by atoms with Crippen molar-refractivity contribution in [2.45, 2.75) is 25.1 Å². The number of ether oxygens (including phenoxy) is 1. The molecule has 0 aliphatic carbocycles. The number of thiophene rings is 1. The predicted molar refractivity (Wildman–Crippen MR) is 108 cm³/mol. The third-order valence-corrected chi connectivity index (χ3v) is 4.94. The van der Waals surface area contributed by atoms with E-state index in [0.29, 0.717) is 10.6 Å². The van der Waals surface area contributed by atoms with Crippen LogP contribution in [0.2, 0.25) is 0 Å². The van der Waals surface area contributed by atoms with Gasteiger partial charge in [0.2, 0.25) is 0 Å². The van der Waals surface area contributed by atoms with Gasteiger partial charge in [0.05, 0.1) is 42.3 Å². The summed E-state index contributed by atoms with van der Waals surface area (Å²) in [5, 5.41) is 27.5. The first-order chi connectivity index (χ1) is 14.5. The molecule has 0 radical (unpaired) electrons. The number of aliphatic carboxylic acids is 1. The van der Waals surface area contributed by atoms with E-state index in [-0.39, 0.29) is 32.0 Å². The summed E-state index contributed by atoms with van der Waals surface area (Å²) in [5.74, 6) is -2.57. The molecule has 0 unspecified atom stereocenters. The Morgan fingerprint density at radius 2 is 2.20 bits per heavy atom. The summed E-state index contributed by atoms with van der Waals surface area (Å²) in [7, 11) is -1.43. The molecule has 0 bridgehead atoms. The summed E-state index contributed by atoms with van der Waals surface area (Å²) in [6, 6.07) is 8.84. The molecule has 3 heterocycles. The van der Waals surface area contributed by atoms with Crippen molar-refractivity contribution in [2.24, 2.45) is 5.16 Å². The Labute approximate surface area is 176 Å². The van der Waals surface area contributed by atoms with E-state index in [2.05, 4.69) is 15.5 Å². The number of amides is 1. The molecule has 30 heavy (non-hydrogen) atoms. The molecule has 0 saturated carbocycles. The number of carboxylic acid groups (broad SMARTS) is 1. The molecule has 1 fully saturated rings. The van der Waals surface area contributed by atoms with Gasteiger partial charge in [-0.05, 0) is 23.6 Å². The molecule has 158 valence electrons. The monoisotopic (exact) mass is 433 g/mol. The fourth-order valence-corrected chi connectivity index (χ4v) is 3.35. The van der Waals surface area contributed by atoms with Gasteiger partial charge >= 0.3 is 13.1 Å². The minimum absolute atomic E-state index is 0.00517. The molecule has 3 rings (SSSR count). The minimum atomic E-state index is -1.43. The van der Waals surface area contributed by atoms with Gasteiger partial charge in [0.1, 0.15) is 0 Å². The Bertz CT molecular complexity index is 866. The van der Waals surface area contributed by atoms with Crippen LogP contribution in [0.3, 0.4) is 0 Å². The van der Waals surface area contributed by atoms with E-state index in [4.69, 9.17) is 19.3 Å². The Morgan fingerprint density at radius 1 is 1.33 bits per heavy atom. The number of carbonyl (C=O) groups is 2. The molecule has 2 aromatic rings. The number of pyridine rings is 1. The second-order valence-corrected chi connectivity index (χ2v) is 7.32. The topological polar surface area (TPSA) is 140 Å². The van der Waals surface area contributed by atoms with Crippen LogP contribution >= 0.6 is 11.3 Å². The number of rotatable bonds is 8. The van der Waals surface area contributed by atoms with Crippen molar-refractivity contribution in [1.29, 1.82) is 0 Å². The molecule has 2 aromatic heterocycles. The van der Waals surface area contributed by atoms with Crippen LogP contribution in [0.5, 0.6) is 0 Å². The zero-order valence-corrected chi connectivity index (χ0v) is 16.7. The van der Waals surface area contributed by atoms with Gasteiger partial charge in [-0.25, -0.2) is 0 Å². The highest BCUT2D eigenvalue weighted by atomic mass is 32.1. The molecular formula is C18H20BN3O7S. The standard InChI is InChI=1S/C18H20BN3O7S/c23-16(24)8-13-10-27-11-15(19(26)29-13)21-18(25)17(14-5-3-7-30-14)22-28-9-12-4-1-2-6-20-12/h1-7,13,15,26H,8-11H2,(H,21,25)(H,23,24)/b22-17-/t13-,15-/m0/s1. The third kappa shape index (κ3) is 6.35. The first-order valence-electron chi connectivity index (χ1n) is 9.10. The van der Waals surface area contributed by atoms with Crippen LogP contribution in [-0.2, 0) is 30.4 Å². The highest BCUT2D eigenvalue weighted by Gasteiger charge is 2.36. The average Bonchev–Trinajstić information content (AvgIpc) is 3.19. The van der Waals surface area contributed by atoms with Crippen LogP contribution in [0.4, 0.5) is 0 Å². The van der Waals surface area contributed by atoms with E-state index in [1.807, 2.05) is 6.07 Å². The number of carbonyl (C=O) groups excluding carboxylic acids is 1. The Kier molecular flexibility index (Phi) is 7.91. The molecule has 1 amide bonds. The number of hydrogen-bond donors (Lipinski definition) is 3. The number of nitrogens with one attached hydrogen (secondary N) is 1. The maximum atomic E-state index is 12.8. The highest BCUT2D eigenvalue weighted by molar-refractivity contribution is 7.13.